The topological polar surface area (TPSA) is 64.4 Å². The molecule has 4 atom stereocenters. The fraction of sp³-hybridized carbons (Fsp3) is 0.630. The Hall–Kier alpha value is -2.21. The number of benzene rings is 1. The molecule has 2 bridgehead atoms. The second-order valence-electron chi connectivity index (χ2n) is 10.1. The van der Waals surface area contributed by atoms with Gasteiger partial charge in [-0.05, 0) is 49.3 Å². The lowest BCUT2D eigenvalue weighted by Gasteiger charge is -2.25. The summed E-state index contributed by atoms with van der Waals surface area (Å²) in [7, 11) is 0. The van der Waals surface area contributed by atoms with Crippen molar-refractivity contribution in [1.29, 1.82) is 0 Å². The molecule has 33 heavy (non-hydrogen) atoms. The summed E-state index contributed by atoms with van der Waals surface area (Å²) in [4.78, 5) is 17.2. The summed E-state index contributed by atoms with van der Waals surface area (Å²) in [6.45, 7) is 0.674. The maximum absolute atomic E-state index is 13.7. The molecule has 1 N–H and O–H groups in total. The summed E-state index contributed by atoms with van der Waals surface area (Å²) in [6.07, 6.45) is 14.7. The first-order valence-electron chi connectivity index (χ1n) is 12.8. The summed E-state index contributed by atoms with van der Waals surface area (Å²) in [5, 5.41) is 3.00. The minimum Gasteiger partial charge on any atom is -0.448 e. The van der Waals surface area contributed by atoms with E-state index in [0.29, 0.717) is 24.6 Å². The standard InChI is InChI=1S/C27H35FN2O3/c28-20-11-6-10-19(15-20)16-21-23-12-13-24(33-23)25(21)27-30-22(17-32-27)26(31)29-14-5-4-9-18-7-2-1-3-8-18/h6,10-11,15,17-18,21,23-25H,1-5,7-9,12-14,16H2,(H,29,31)/t21?,23?,24?,25-/m1/s1. The first-order valence-corrected chi connectivity index (χ1v) is 12.8. The molecule has 6 heteroatoms. The van der Waals surface area contributed by atoms with Crippen molar-refractivity contribution in [2.24, 2.45) is 11.8 Å². The smallest absolute Gasteiger partial charge is 0.273 e. The number of amides is 1. The monoisotopic (exact) mass is 454 g/mol. The molecular weight excluding hydrogens is 419 g/mol. The van der Waals surface area contributed by atoms with Crippen LogP contribution in [0.4, 0.5) is 4.39 Å². The Kier molecular flexibility index (Phi) is 7.10. The van der Waals surface area contributed by atoms with Gasteiger partial charge in [-0.25, -0.2) is 9.37 Å². The highest BCUT2D eigenvalue weighted by Crippen LogP contribution is 2.49. The third-order valence-corrected chi connectivity index (χ3v) is 7.87. The van der Waals surface area contributed by atoms with Crippen LogP contribution >= 0.6 is 0 Å². The van der Waals surface area contributed by atoms with Gasteiger partial charge in [0.2, 0.25) is 5.89 Å². The molecule has 5 rings (SSSR count). The zero-order chi connectivity index (χ0) is 22.6. The summed E-state index contributed by atoms with van der Waals surface area (Å²) in [5.74, 6) is 1.25. The van der Waals surface area contributed by atoms with Crippen LogP contribution in [0.3, 0.4) is 0 Å². The van der Waals surface area contributed by atoms with Gasteiger partial charge in [0.05, 0.1) is 18.1 Å². The zero-order valence-electron chi connectivity index (χ0n) is 19.3. The molecule has 2 aromatic rings. The van der Waals surface area contributed by atoms with Crippen LogP contribution in [0.2, 0.25) is 0 Å². The van der Waals surface area contributed by atoms with Crippen LogP contribution < -0.4 is 5.32 Å². The maximum atomic E-state index is 13.7. The third kappa shape index (κ3) is 5.32. The quantitative estimate of drug-likeness (QED) is 0.487. The molecule has 3 aliphatic rings. The van der Waals surface area contributed by atoms with Gasteiger partial charge in [0.1, 0.15) is 12.1 Å². The molecule has 1 saturated carbocycles. The van der Waals surface area contributed by atoms with Crippen molar-refractivity contribution >= 4 is 5.91 Å². The lowest BCUT2D eigenvalue weighted by Crippen LogP contribution is -2.28. The molecule has 1 aliphatic carbocycles. The van der Waals surface area contributed by atoms with Crippen LogP contribution in [-0.4, -0.2) is 29.6 Å². The number of rotatable bonds is 9. The Morgan fingerprint density at radius 1 is 1.09 bits per heavy atom. The largest absolute Gasteiger partial charge is 0.448 e. The number of carbonyl (C=O) groups excluding carboxylic acids is 1. The van der Waals surface area contributed by atoms with E-state index >= 15 is 0 Å². The van der Waals surface area contributed by atoms with Crippen molar-refractivity contribution in [2.75, 3.05) is 6.54 Å². The number of aromatic nitrogens is 1. The molecule has 1 aromatic carbocycles. The van der Waals surface area contributed by atoms with E-state index in [4.69, 9.17) is 9.15 Å². The lowest BCUT2D eigenvalue weighted by molar-refractivity contribution is 0.0898. The number of oxazole rings is 1. The number of nitrogens with one attached hydrogen (secondary N) is 1. The minimum atomic E-state index is -0.220. The highest BCUT2D eigenvalue weighted by atomic mass is 19.1. The van der Waals surface area contributed by atoms with Crippen LogP contribution in [0.1, 0.15) is 92.1 Å². The molecule has 1 amide bonds. The second kappa shape index (κ2) is 10.4. The fourth-order valence-electron chi connectivity index (χ4n) is 6.18. The molecule has 2 saturated heterocycles. The van der Waals surface area contributed by atoms with E-state index in [2.05, 4.69) is 10.3 Å². The Balaban J connectivity index is 1.14. The third-order valence-electron chi connectivity index (χ3n) is 7.87. The summed E-state index contributed by atoms with van der Waals surface area (Å²) in [6, 6.07) is 6.75. The first-order chi connectivity index (χ1) is 16.2. The number of nitrogens with zero attached hydrogens (tertiary/aromatic N) is 1. The highest BCUT2D eigenvalue weighted by molar-refractivity contribution is 5.91. The Labute approximate surface area is 195 Å². The number of carbonyl (C=O) groups is 1. The predicted octanol–water partition coefficient (Wildman–Crippen LogP) is 5.80. The van der Waals surface area contributed by atoms with Crippen molar-refractivity contribution in [2.45, 2.75) is 88.8 Å². The number of ether oxygens (including phenoxy) is 1. The van der Waals surface area contributed by atoms with Crippen LogP contribution in [0.5, 0.6) is 0 Å². The summed E-state index contributed by atoms with van der Waals surface area (Å²) >= 11 is 0. The lowest BCUT2D eigenvalue weighted by atomic mass is 9.76. The van der Waals surface area contributed by atoms with E-state index < -0.39 is 0 Å². The summed E-state index contributed by atoms with van der Waals surface area (Å²) in [5.41, 5.74) is 1.29. The van der Waals surface area contributed by atoms with E-state index in [9.17, 15) is 9.18 Å². The molecule has 3 heterocycles. The van der Waals surface area contributed by atoms with Crippen molar-refractivity contribution in [3.63, 3.8) is 0 Å². The average molecular weight is 455 g/mol. The predicted molar refractivity (Wildman–Crippen MR) is 123 cm³/mol. The number of fused-ring (bicyclic) bond motifs is 2. The first kappa shape index (κ1) is 22.6. The molecule has 2 aliphatic heterocycles. The van der Waals surface area contributed by atoms with Gasteiger partial charge >= 0.3 is 0 Å². The molecule has 3 fully saturated rings. The minimum absolute atomic E-state index is 0.00376. The van der Waals surface area contributed by atoms with Gasteiger partial charge in [0.25, 0.3) is 5.91 Å². The van der Waals surface area contributed by atoms with Gasteiger partial charge in [-0.2, -0.15) is 0 Å². The average Bonchev–Trinajstić information content (AvgIpc) is 3.56. The van der Waals surface area contributed by atoms with Gasteiger partial charge in [-0.15, -0.1) is 0 Å². The number of unbranched alkanes of at least 4 members (excludes halogenated alkanes) is 1. The number of hydrogen-bond acceptors (Lipinski definition) is 4. The van der Waals surface area contributed by atoms with Crippen LogP contribution in [0, 0.1) is 17.7 Å². The second-order valence-corrected chi connectivity index (χ2v) is 10.1. The Bertz CT molecular complexity index is 939. The van der Waals surface area contributed by atoms with Crippen molar-refractivity contribution in [3.05, 3.63) is 53.5 Å². The molecular formula is C27H35FN2O3. The Morgan fingerprint density at radius 3 is 2.79 bits per heavy atom. The van der Waals surface area contributed by atoms with Gasteiger partial charge in [0, 0.05) is 12.5 Å². The normalized spacial score (nSPS) is 27.2. The molecule has 0 spiro atoms. The zero-order valence-corrected chi connectivity index (χ0v) is 19.3. The van der Waals surface area contributed by atoms with E-state index in [1.165, 1.54) is 57.3 Å². The van der Waals surface area contributed by atoms with Crippen molar-refractivity contribution in [1.82, 2.24) is 10.3 Å². The maximum Gasteiger partial charge on any atom is 0.273 e. The van der Waals surface area contributed by atoms with E-state index in [1.807, 2.05) is 6.07 Å². The van der Waals surface area contributed by atoms with Gasteiger partial charge in [0.15, 0.2) is 5.69 Å². The molecule has 0 radical (unpaired) electrons. The molecule has 5 nitrogen and oxygen atoms in total. The van der Waals surface area contributed by atoms with Gasteiger partial charge in [-0.1, -0.05) is 57.1 Å². The number of halogens is 1. The van der Waals surface area contributed by atoms with Crippen LogP contribution in [0.25, 0.3) is 0 Å². The van der Waals surface area contributed by atoms with Crippen molar-refractivity contribution < 1.29 is 18.3 Å². The Morgan fingerprint density at radius 2 is 1.94 bits per heavy atom. The van der Waals surface area contributed by atoms with Gasteiger partial charge in [-0.3, -0.25) is 4.79 Å². The molecule has 178 valence electrons. The van der Waals surface area contributed by atoms with E-state index in [-0.39, 0.29) is 35.8 Å². The van der Waals surface area contributed by atoms with E-state index in [0.717, 1.165) is 30.7 Å². The van der Waals surface area contributed by atoms with Gasteiger partial charge < -0.3 is 14.5 Å². The SMILES string of the molecule is O=C(NCCCCC1CCCCC1)c1coc([C@H]2C3CCC(O3)C2Cc2cccc(F)c2)n1. The fourth-order valence-corrected chi connectivity index (χ4v) is 6.18. The molecule has 3 unspecified atom stereocenters. The number of hydrogen-bond donors (Lipinski definition) is 1. The van der Waals surface area contributed by atoms with Crippen LogP contribution in [-0.2, 0) is 11.2 Å². The highest BCUT2D eigenvalue weighted by Gasteiger charge is 2.51. The molecule has 1 aromatic heterocycles. The summed E-state index contributed by atoms with van der Waals surface area (Å²) < 4.78 is 25.6. The van der Waals surface area contributed by atoms with E-state index in [1.54, 1.807) is 12.1 Å². The van der Waals surface area contributed by atoms with Crippen LogP contribution in [0.15, 0.2) is 34.9 Å². The van der Waals surface area contributed by atoms with Crippen molar-refractivity contribution in [3.8, 4) is 0 Å².